The van der Waals surface area contributed by atoms with Crippen LogP contribution in [0.15, 0.2) is 60.7 Å². The largest absolute Gasteiger partial charge is 0.459 e. The molecular weight excluding hydrogens is 1140 g/mol. The maximum absolute atomic E-state index is 15.3. The van der Waals surface area contributed by atoms with Gasteiger partial charge in [-0.15, -0.1) is 0 Å². The van der Waals surface area contributed by atoms with Crippen LogP contribution >= 0.6 is 0 Å². The maximum atomic E-state index is 15.3. The third-order valence-electron chi connectivity index (χ3n) is 17.4. The zero-order valence-corrected chi connectivity index (χ0v) is 51.4. The highest BCUT2D eigenvalue weighted by molar-refractivity contribution is 5.90. The van der Waals surface area contributed by atoms with Gasteiger partial charge in [0.2, 0.25) is 17.9 Å². The van der Waals surface area contributed by atoms with Crippen molar-refractivity contribution in [2.75, 3.05) is 66.5 Å². The molecular formula is C62H89N3O22. The zero-order valence-electron chi connectivity index (χ0n) is 51.4. The van der Waals surface area contributed by atoms with Crippen molar-refractivity contribution in [1.29, 1.82) is 0 Å². The van der Waals surface area contributed by atoms with Gasteiger partial charge in [-0.25, -0.2) is 19.2 Å². The molecule has 3 amide bonds. The van der Waals surface area contributed by atoms with Crippen molar-refractivity contribution < 1.29 is 106 Å². The molecule has 2 bridgehead atoms. The molecule has 25 heteroatoms. The molecule has 1 saturated heterocycles. The fraction of sp³-hybridized carbons (Fsp3) is 0.677. The van der Waals surface area contributed by atoms with Crippen LogP contribution in [-0.4, -0.2) is 200 Å². The van der Waals surface area contributed by atoms with Gasteiger partial charge in [-0.05, 0) is 70.6 Å². The molecule has 1 heterocycles. The number of aliphatic hydroxyl groups is 4. The quantitative estimate of drug-likeness (QED) is 0.0350. The van der Waals surface area contributed by atoms with E-state index in [1.165, 1.54) is 38.1 Å². The molecule has 4 fully saturated rings. The summed E-state index contributed by atoms with van der Waals surface area (Å²) in [7, 11) is 1.57. The van der Waals surface area contributed by atoms with Crippen LogP contribution < -0.4 is 16.0 Å². The smallest absolute Gasteiger partial charge is 0.408 e. The van der Waals surface area contributed by atoms with E-state index >= 15 is 4.79 Å². The summed E-state index contributed by atoms with van der Waals surface area (Å²) in [4.78, 5) is 109. The molecule has 1 aliphatic heterocycles. The second-order valence-electron chi connectivity index (χ2n) is 24.8. The van der Waals surface area contributed by atoms with Gasteiger partial charge in [0.15, 0.2) is 11.4 Å². The highest BCUT2D eigenvalue weighted by atomic mass is 16.6. The van der Waals surface area contributed by atoms with E-state index in [9.17, 15) is 54.0 Å². The first kappa shape index (κ1) is 69.9. The fourth-order valence-electron chi connectivity index (χ4n) is 12.9. The molecule has 3 aliphatic carbocycles. The van der Waals surface area contributed by atoms with E-state index in [1.54, 1.807) is 85.1 Å². The molecule has 7 N–H and O–H groups in total. The molecule has 2 unspecified atom stereocenters. The van der Waals surface area contributed by atoms with E-state index in [0.29, 0.717) is 45.8 Å². The van der Waals surface area contributed by atoms with Crippen LogP contribution in [0.2, 0.25) is 0 Å². The predicted octanol–water partition coefficient (Wildman–Crippen LogP) is 2.98. The lowest BCUT2D eigenvalue weighted by Crippen LogP contribution is -2.83. The minimum Gasteiger partial charge on any atom is -0.459 e. The number of amides is 3. The summed E-state index contributed by atoms with van der Waals surface area (Å²) >= 11 is 0. The number of unbranched alkanes of at least 4 members (excludes halogenated alkanes) is 1. The Morgan fingerprint density at radius 2 is 1.44 bits per heavy atom. The van der Waals surface area contributed by atoms with Crippen LogP contribution in [0.3, 0.4) is 0 Å². The van der Waals surface area contributed by atoms with Gasteiger partial charge in [0.05, 0.1) is 75.5 Å². The summed E-state index contributed by atoms with van der Waals surface area (Å²) in [6.07, 6.45) is -12.2. The fourth-order valence-corrected chi connectivity index (χ4v) is 12.9. The number of ether oxygens (including phenoxy) is 10. The Kier molecular flexibility index (Phi) is 24.4. The molecule has 4 aliphatic rings. The summed E-state index contributed by atoms with van der Waals surface area (Å²) in [5.74, 6) is -9.38. The van der Waals surface area contributed by atoms with E-state index in [2.05, 4.69) is 16.0 Å². The molecule has 3 saturated carbocycles. The topological polar surface area (TPSA) is 346 Å². The number of hydrogen-bond donors (Lipinski definition) is 7. The number of ketones is 1. The predicted molar refractivity (Wildman–Crippen MR) is 307 cm³/mol. The lowest BCUT2D eigenvalue weighted by molar-refractivity contribution is -0.379. The number of hydrogen-bond acceptors (Lipinski definition) is 22. The average molecular weight is 1230 g/mol. The normalized spacial score (nSPS) is 29.0. The monoisotopic (exact) mass is 1230 g/mol. The van der Waals surface area contributed by atoms with E-state index < -0.39 is 156 Å². The van der Waals surface area contributed by atoms with E-state index in [4.69, 9.17) is 47.4 Å². The number of rotatable bonds is 29. The van der Waals surface area contributed by atoms with Gasteiger partial charge in [-0.3, -0.25) is 19.2 Å². The third kappa shape index (κ3) is 16.8. The summed E-state index contributed by atoms with van der Waals surface area (Å²) in [5, 5.41) is 59.4. The number of aliphatic hydroxyl groups excluding tert-OH is 3. The number of nitrogens with one attached hydrogen (secondary N) is 3. The van der Waals surface area contributed by atoms with Gasteiger partial charge in [0.1, 0.15) is 48.8 Å². The number of Topliss-reactive ketones (excluding diaryl/α,β-unsaturated/α-hetero) is 1. The van der Waals surface area contributed by atoms with Gasteiger partial charge in [0, 0.05) is 56.6 Å². The number of carbonyl (C=O) groups is 8. The Morgan fingerprint density at radius 3 is 2.05 bits per heavy atom. The number of esters is 4. The number of benzene rings is 2. The Hall–Kier alpha value is -6.16. The van der Waals surface area contributed by atoms with Crippen LogP contribution in [0.1, 0.15) is 123 Å². The van der Waals surface area contributed by atoms with Crippen molar-refractivity contribution >= 4 is 47.6 Å². The van der Waals surface area contributed by atoms with E-state index in [-0.39, 0.29) is 55.3 Å². The molecule has 2 aromatic carbocycles. The first-order valence-electron chi connectivity index (χ1n) is 29.6. The number of methoxy groups -OCH3 is 1. The molecule has 87 heavy (non-hydrogen) atoms. The lowest BCUT2D eigenvalue weighted by Gasteiger charge is -2.70. The second kappa shape index (κ2) is 30.4. The molecule has 6 rings (SSSR count). The highest BCUT2D eigenvalue weighted by Crippen LogP contribution is 2.66. The zero-order chi connectivity index (χ0) is 64.1. The number of carbonyl (C=O) groups excluding carboxylic acids is 8. The molecule has 15 atom stereocenters. The first-order chi connectivity index (χ1) is 41.0. The van der Waals surface area contributed by atoms with Crippen molar-refractivity contribution in [2.45, 2.75) is 172 Å². The molecule has 0 spiro atoms. The van der Waals surface area contributed by atoms with Gasteiger partial charge in [-0.2, -0.15) is 0 Å². The number of fused-ring (bicyclic) bond motifs is 5. The van der Waals surface area contributed by atoms with E-state index in [0.717, 1.165) is 6.92 Å². The highest BCUT2D eigenvalue weighted by Gasteiger charge is 2.79. The average Bonchev–Trinajstić information content (AvgIpc) is 0.680. The van der Waals surface area contributed by atoms with Gasteiger partial charge >= 0.3 is 30.0 Å². The summed E-state index contributed by atoms with van der Waals surface area (Å²) in [6.45, 7) is 13.7. The minimum atomic E-state index is -2.42. The molecule has 484 valence electrons. The SMILES string of the molecule is COCCOCCOCCC(=O)NCCCCC(NC(=O)COCC(=O)O[C@@H](C(=O)O[C@H]1C[C@@]2(O)[C@@H](OC(=O)c3ccccc3)[C@@H]3[C@]4(OC(C)=O)CO[C@@H]4C[C@H](O)[C@@]3(C)[C@H](O)[C@H](O)[C@H](C1C)C2(C)C)[C@@H](NC(=O)OC(C)(C)C)c1ccccc1)C(C)=O. The first-order valence-corrected chi connectivity index (χ1v) is 29.6. The van der Waals surface area contributed by atoms with Gasteiger partial charge in [0.25, 0.3) is 0 Å². The second-order valence-corrected chi connectivity index (χ2v) is 24.8. The summed E-state index contributed by atoms with van der Waals surface area (Å²) in [5.41, 5.74) is -8.46. The molecule has 2 aromatic rings. The third-order valence-corrected chi connectivity index (χ3v) is 17.4. The Bertz CT molecular complexity index is 2670. The van der Waals surface area contributed by atoms with Gasteiger partial charge in [-0.1, -0.05) is 76.2 Å². The molecule has 0 aromatic heterocycles. The van der Waals surface area contributed by atoms with Crippen molar-refractivity contribution in [3.05, 3.63) is 71.8 Å². The molecule has 25 nitrogen and oxygen atoms in total. The van der Waals surface area contributed by atoms with Crippen LogP contribution in [0.5, 0.6) is 0 Å². The Morgan fingerprint density at radius 1 is 0.793 bits per heavy atom. The van der Waals surface area contributed by atoms with Crippen molar-refractivity contribution in [1.82, 2.24) is 16.0 Å². The minimum absolute atomic E-state index is 0.0479. The van der Waals surface area contributed by atoms with Gasteiger partial charge < -0.3 is 83.7 Å². The van der Waals surface area contributed by atoms with Crippen LogP contribution in [0.25, 0.3) is 0 Å². The Labute approximate surface area is 507 Å². The van der Waals surface area contributed by atoms with Crippen LogP contribution in [-0.2, 0) is 76.1 Å². The van der Waals surface area contributed by atoms with Crippen molar-refractivity contribution in [3.63, 3.8) is 0 Å². The lowest BCUT2D eigenvalue weighted by atomic mass is 9.42. The summed E-state index contributed by atoms with van der Waals surface area (Å²) < 4.78 is 57.5. The van der Waals surface area contributed by atoms with E-state index in [1.807, 2.05) is 0 Å². The van der Waals surface area contributed by atoms with Crippen molar-refractivity contribution in [3.8, 4) is 0 Å². The van der Waals surface area contributed by atoms with Crippen LogP contribution in [0, 0.1) is 28.6 Å². The standard InChI is InChI=1S/C62H89N3O22/c1-36-42(32-62(77)54(85-55(74)40-21-15-12-16-22-40)52-60(9,53(73)50(72)48(36)59(62,7)8)43(68)31-44-61(52,35-82-44)86-38(3)67)83-56(75)51(49(39-19-13-11-14-20-39)65-57(76)87-58(4,5)6)84-47(71)34-81-33-46(70)64-41(37(2)66)23-17-18-25-63-45(69)24-26-79-29-30-80-28-27-78-10/h11-16,19-22,36,41-44,48-54,68,72-73,77H,17-18,23-35H2,1-10H3,(H,63,69)(H,64,70)(H,65,76)/t36?,41?,42-,43-,44+,48-,49-,50+,51+,52-,53+,54-,60+,61-,62+/m0/s1. The number of alkyl carbamates (subject to hydrolysis) is 1. The molecule has 0 radical (unpaired) electrons. The van der Waals surface area contributed by atoms with Crippen molar-refractivity contribution in [2.24, 2.45) is 28.6 Å². The maximum Gasteiger partial charge on any atom is 0.408 e. The summed E-state index contributed by atoms with van der Waals surface area (Å²) in [6, 6.07) is 13.2. The Balaban J connectivity index is 1.24. The van der Waals surface area contributed by atoms with Crippen LogP contribution in [0.4, 0.5) is 4.79 Å².